The fourth-order valence-electron chi connectivity index (χ4n) is 4.45. The Labute approximate surface area is 219 Å². The molecule has 0 fully saturated rings. The molecular weight excluding hydrogens is 478 g/mol. The zero-order chi connectivity index (χ0) is 26.6. The van der Waals surface area contributed by atoms with Gasteiger partial charge in [0.25, 0.3) is 5.56 Å². The number of ether oxygens (including phenoxy) is 1. The number of nitriles is 1. The van der Waals surface area contributed by atoms with E-state index in [1.165, 1.54) is 6.20 Å². The molecule has 5 aromatic rings. The van der Waals surface area contributed by atoms with E-state index in [1.807, 2.05) is 80.6 Å². The lowest BCUT2D eigenvalue weighted by atomic mass is 9.98. The summed E-state index contributed by atoms with van der Waals surface area (Å²) >= 11 is 0. The molecule has 3 N–H and O–H groups in total. The quantitative estimate of drug-likeness (QED) is 0.322. The topological polar surface area (TPSA) is 132 Å². The normalized spacial score (nSPS) is 11.6. The van der Waals surface area contributed by atoms with E-state index in [9.17, 15) is 10.1 Å². The van der Waals surface area contributed by atoms with Crippen LogP contribution in [-0.2, 0) is 0 Å². The van der Waals surface area contributed by atoms with Crippen LogP contribution in [0, 0.1) is 11.3 Å². The first-order valence-corrected chi connectivity index (χ1v) is 12.1. The molecule has 0 aliphatic carbocycles. The first-order valence-electron chi connectivity index (χ1n) is 12.1. The van der Waals surface area contributed by atoms with Gasteiger partial charge in [0.2, 0.25) is 11.8 Å². The van der Waals surface area contributed by atoms with Gasteiger partial charge in [-0.2, -0.15) is 10.2 Å². The van der Waals surface area contributed by atoms with Crippen molar-refractivity contribution in [3.8, 4) is 28.8 Å². The van der Waals surface area contributed by atoms with E-state index in [0.29, 0.717) is 35.1 Å². The number of benzene rings is 2. The highest BCUT2D eigenvalue weighted by atomic mass is 16.5. The van der Waals surface area contributed by atoms with Gasteiger partial charge in [-0.15, -0.1) is 0 Å². The number of rotatable bonds is 7. The van der Waals surface area contributed by atoms with Gasteiger partial charge in [-0.1, -0.05) is 36.4 Å². The number of hydrogen-bond acceptors (Lipinski definition) is 8. The summed E-state index contributed by atoms with van der Waals surface area (Å²) in [5.41, 5.74) is 8.88. The zero-order valence-electron chi connectivity index (χ0n) is 20.9. The van der Waals surface area contributed by atoms with Gasteiger partial charge in [0.05, 0.1) is 24.2 Å². The van der Waals surface area contributed by atoms with Crippen LogP contribution in [0.4, 0.5) is 11.8 Å². The number of nitrogens with zero attached hydrogens (tertiary/aromatic N) is 5. The predicted molar refractivity (Wildman–Crippen MR) is 147 cm³/mol. The Kier molecular flexibility index (Phi) is 6.70. The molecule has 9 heteroatoms. The molecule has 0 radical (unpaired) electrons. The molecule has 0 amide bonds. The second-order valence-corrected chi connectivity index (χ2v) is 8.60. The summed E-state index contributed by atoms with van der Waals surface area (Å²) in [5.74, 6) is 0.844. The molecule has 188 valence electrons. The maximum absolute atomic E-state index is 14.3. The molecule has 0 unspecified atom stereocenters. The van der Waals surface area contributed by atoms with E-state index in [0.717, 1.165) is 16.5 Å². The van der Waals surface area contributed by atoms with E-state index in [-0.39, 0.29) is 17.1 Å². The molecule has 1 atom stereocenters. The lowest BCUT2D eigenvalue weighted by molar-refractivity contribution is 0.327. The van der Waals surface area contributed by atoms with E-state index in [1.54, 1.807) is 10.8 Å². The van der Waals surface area contributed by atoms with Crippen LogP contribution in [0.3, 0.4) is 0 Å². The zero-order valence-corrected chi connectivity index (χ0v) is 20.9. The second-order valence-electron chi connectivity index (χ2n) is 8.60. The third-order valence-corrected chi connectivity index (χ3v) is 6.15. The molecule has 0 bridgehead atoms. The summed E-state index contributed by atoms with van der Waals surface area (Å²) in [6, 6.07) is 22.5. The van der Waals surface area contributed by atoms with Crippen molar-refractivity contribution in [3.63, 3.8) is 0 Å². The van der Waals surface area contributed by atoms with Crippen molar-refractivity contribution in [2.45, 2.75) is 19.9 Å². The van der Waals surface area contributed by atoms with Crippen molar-refractivity contribution < 1.29 is 4.74 Å². The predicted octanol–water partition coefficient (Wildman–Crippen LogP) is 4.87. The number of hydrogen-bond donors (Lipinski definition) is 2. The van der Waals surface area contributed by atoms with Crippen LogP contribution >= 0.6 is 0 Å². The number of anilines is 2. The van der Waals surface area contributed by atoms with E-state index < -0.39 is 6.04 Å². The lowest BCUT2D eigenvalue weighted by Crippen LogP contribution is -2.26. The fourth-order valence-corrected chi connectivity index (χ4v) is 4.45. The average molecular weight is 504 g/mol. The largest absolute Gasteiger partial charge is 0.478 e. The van der Waals surface area contributed by atoms with Crippen LogP contribution in [0.2, 0.25) is 0 Å². The summed E-state index contributed by atoms with van der Waals surface area (Å²) in [6.45, 7) is 4.30. The van der Waals surface area contributed by atoms with Crippen LogP contribution < -0.4 is 21.3 Å². The number of pyridine rings is 2. The van der Waals surface area contributed by atoms with E-state index >= 15 is 0 Å². The number of fused-ring (bicyclic) bond motifs is 1. The summed E-state index contributed by atoms with van der Waals surface area (Å²) in [4.78, 5) is 26.6. The minimum atomic E-state index is -0.414. The molecule has 5 rings (SSSR count). The Bertz CT molecular complexity index is 1730. The highest BCUT2D eigenvalue weighted by molar-refractivity contribution is 5.96. The van der Waals surface area contributed by atoms with Gasteiger partial charge in [-0.25, -0.2) is 9.97 Å². The van der Waals surface area contributed by atoms with Crippen molar-refractivity contribution >= 4 is 22.5 Å². The Hall–Kier alpha value is -5.23. The molecule has 0 saturated heterocycles. The number of nitrogens with one attached hydrogen (secondary N) is 1. The van der Waals surface area contributed by atoms with Crippen molar-refractivity contribution in [2.24, 2.45) is 0 Å². The molecule has 0 saturated carbocycles. The summed E-state index contributed by atoms with van der Waals surface area (Å²) in [6.07, 6.45) is 3.05. The third kappa shape index (κ3) is 4.63. The number of para-hydroxylation sites is 1. The van der Waals surface area contributed by atoms with Gasteiger partial charge in [-0.05, 0) is 54.6 Å². The Morgan fingerprint density at radius 2 is 1.92 bits per heavy atom. The maximum Gasteiger partial charge on any atom is 0.263 e. The third-order valence-electron chi connectivity index (χ3n) is 6.15. The van der Waals surface area contributed by atoms with Crippen LogP contribution in [-0.4, -0.2) is 26.1 Å². The molecule has 38 heavy (non-hydrogen) atoms. The Balaban J connectivity index is 1.73. The molecule has 2 aromatic carbocycles. The number of aromatic nitrogens is 4. The summed E-state index contributed by atoms with van der Waals surface area (Å²) in [7, 11) is 0. The van der Waals surface area contributed by atoms with Crippen LogP contribution in [0.5, 0.6) is 5.88 Å². The SMILES string of the molecule is CCOc1cc(-c2cccc3cc([C@H](C)Nc4nc(N)ncc4C#N)n(-c4ccccc4)c(=O)c23)ccn1. The number of nitrogens with two attached hydrogens (primary N) is 1. The fraction of sp³-hybridized carbons (Fsp3) is 0.138. The van der Waals surface area contributed by atoms with Crippen LogP contribution in [0.15, 0.2) is 83.9 Å². The first kappa shape index (κ1) is 24.5. The van der Waals surface area contributed by atoms with Crippen LogP contribution in [0.25, 0.3) is 27.6 Å². The van der Waals surface area contributed by atoms with E-state index in [4.69, 9.17) is 10.5 Å². The van der Waals surface area contributed by atoms with Crippen molar-refractivity contribution in [3.05, 3.63) is 101 Å². The number of nitrogen functional groups attached to an aromatic ring is 1. The van der Waals surface area contributed by atoms with Gasteiger partial charge < -0.3 is 15.8 Å². The van der Waals surface area contributed by atoms with E-state index in [2.05, 4.69) is 26.3 Å². The molecule has 3 aromatic heterocycles. The lowest BCUT2D eigenvalue weighted by Gasteiger charge is -2.22. The molecule has 0 aliphatic heterocycles. The van der Waals surface area contributed by atoms with Crippen molar-refractivity contribution in [1.82, 2.24) is 19.5 Å². The Morgan fingerprint density at radius 3 is 2.68 bits per heavy atom. The van der Waals surface area contributed by atoms with Crippen LogP contribution in [0.1, 0.15) is 31.1 Å². The van der Waals surface area contributed by atoms with Gasteiger partial charge >= 0.3 is 0 Å². The highest BCUT2D eigenvalue weighted by Crippen LogP contribution is 2.31. The monoisotopic (exact) mass is 503 g/mol. The van der Waals surface area contributed by atoms with Gasteiger partial charge in [0.15, 0.2) is 0 Å². The van der Waals surface area contributed by atoms with Crippen molar-refractivity contribution in [2.75, 3.05) is 17.7 Å². The molecule has 9 nitrogen and oxygen atoms in total. The molecular formula is C29H25N7O2. The summed E-state index contributed by atoms with van der Waals surface area (Å²) in [5, 5.41) is 14.1. The summed E-state index contributed by atoms with van der Waals surface area (Å²) < 4.78 is 7.28. The van der Waals surface area contributed by atoms with Crippen molar-refractivity contribution in [1.29, 1.82) is 5.26 Å². The first-order chi connectivity index (χ1) is 18.5. The van der Waals surface area contributed by atoms with Gasteiger partial charge in [-0.3, -0.25) is 9.36 Å². The smallest absolute Gasteiger partial charge is 0.263 e. The second kappa shape index (κ2) is 10.4. The molecule has 0 spiro atoms. The molecule has 3 heterocycles. The van der Waals surface area contributed by atoms with Gasteiger partial charge in [0.1, 0.15) is 17.5 Å². The minimum absolute atomic E-state index is 0.0473. The van der Waals surface area contributed by atoms with Gasteiger partial charge in [0, 0.05) is 23.6 Å². The molecule has 0 aliphatic rings. The Morgan fingerprint density at radius 1 is 1.11 bits per heavy atom. The highest BCUT2D eigenvalue weighted by Gasteiger charge is 2.20. The standard InChI is InChI=1S/C29H25N7O2/c1-3-38-25-15-19(12-13-32-25)23-11-7-8-20-14-24(18(2)34-27-21(16-30)17-33-29(31)35-27)36(28(37)26(20)23)22-9-5-4-6-10-22/h4-15,17-18H,3H2,1-2H3,(H3,31,33,34,35)/t18-/m0/s1. The maximum atomic E-state index is 14.3. The minimum Gasteiger partial charge on any atom is -0.478 e. The average Bonchev–Trinajstić information content (AvgIpc) is 2.93.